The van der Waals surface area contributed by atoms with Crippen LogP contribution in [0.5, 0.6) is 0 Å². The molecule has 0 spiro atoms. The zero-order valence-corrected chi connectivity index (χ0v) is 9.07. The molecule has 1 rings (SSSR count). The molecule has 1 aliphatic heterocycles. The van der Waals surface area contributed by atoms with Crippen LogP contribution in [0, 0.1) is 0 Å². The van der Waals surface area contributed by atoms with E-state index in [0.717, 1.165) is 0 Å². The molecule has 13 heavy (non-hydrogen) atoms. The largest absolute Gasteiger partial charge is 0.330 e. The highest BCUT2D eigenvalue weighted by atomic mass is 32.2. The second-order valence-electron chi connectivity index (χ2n) is 3.25. The Balaban J connectivity index is 2.42. The number of rotatable bonds is 4. The van der Waals surface area contributed by atoms with Crippen LogP contribution in [-0.2, 0) is 20.6 Å². The molecule has 1 aliphatic rings. The standard InChI is InChI=1S/C7H15NO3S2/c8-3-1-4-12(9)7-2-5-13(10,11)6-7/h7H,1-6,8H2. The Morgan fingerprint density at radius 1 is 1.46 bits per heavy atom. The van der Waals surface area contributed by atoms with Crippen molar-refractivity contribution in [3.63, 3.8) is 0 Å². The van der Waals surface area contributed by atoms with Gasteiger partial charge in [0.2, 0.25) is 0 Å². The first-order valence-electron chi connectivity index (χ1n) is 4.33. The summed E-state index contributed by atoms with van der Waals surface area (Å²) in [5.41, 5.74) is 5.28. The molecule has 0 aromatic rings. The maximum atomic E-state index is 11.5. The van der Waals surface area contributed by atoms with Gasteiger partial charge in [0.05, 0.1) is 11.5 Å². The number of hydrogen-bond donors (Lipinski definition) is 1. The summed E-state index contributed by atoms with van der Waals surface area (Å²) in [4.78, 5) is 0. The van der Waals surface area contributed by atoms with Crippen LogP contribution in [-0.4, -0.2) is 41.7 Å². The van der Waals surface area contributed by atoms with Crippen molar-refractivity contribution in [2.75, 3.05) is 23.8 Å². The van der Waals surface area contributed by atoms with Crippen LogP contribution in [0.4, 0.5) is 0 Å². The molecule has 0 radical (unpaired) electrons. The molecule has 1 fully saturated rings. The predicted octanol–water partition coefficient (Wildman–Crippen LogP) is -0.729. The third-order valence-corrected chi connectivity index (χ3v) is 5.93. The van der Waals surface area contributed by atoms with Gasteiger partial charge in [0, 0.05) is 21.8 Å². The Hall–Kier alpha value is 0.0600. The lowest BCUT2D eigenvalue weighted by atomic mass is 10.4. The van der Waals surface area contributed by atoms with Crippen molar-refractivity contribution in [3.05, 3.63) is 0 Å². The first-order chi connectivity index (χ1) is 6.05. The van der Waals surface area contributed by atoms with Crippen molar-refractivity contribution in [1.29, 1.82) is 0 Å². The Bertz CT molecular complexity index is 286. The highest BCUT2D eigenvalue weighted by molar-refractivity contribution is 7.94. The number of sulfone groups is 1. The van der Waals surface area contributed by atoms with Gasteiger partial charge in [-0.1, -0.05) is 0 Å². The van der Waals surface area contributed by atoms with Crippen molar-refractivity contribution < 1.29 is 12.6 Å². The van der Waals surface area contributed by atoms with E-state index in [0.29, 0.717) is 25.1 Å². The van der Waals surface area contributed by atoms with E-state index in [4.69, 9.17) is 5.73 Å². The van der Waals surface area contributed by atoms with Gasteiger partial charge in [0.25, 0.3) is 0 Å². The summed E-state index contributed by atoms with van der Waals surface area (Å²) >= 11 is 0. The quantitative estimate of drug-likeness (QED) is 0.684. The van der Waals surface area contributed by atoms with Gasteiger partial charge in [-0.3, -0.25) is 4.21 Å². The van der Waals surface area contributed by atoms with Crippen molar-refractivity contribution in [3.8, 4) is 0 Å². The summed E-state index contributed by atoms with van der Waals surface area (Å²) in [5, 5.41) is -0.142. The van der Waals surface area contributed by atoms with Crippen molar-refractivity contribution in [2.24, 2.45) is 5.73 Å². The minimum absolute atomic E-state index is 0.101. The first kappa shape index (κ1) is 11.1. The topological polar surface area (TPSA) is 77.2 Å². The van der Waals surface area contributed by atoms with E-state index in [2.05, 4.69) is 0 Å². The Labute approximate surface area is 81.3 Å². The van der Waals surface area contributed by atoms with Crippen LogP contribution in [0.3, 0.4) is 0 Å². The molecule has 0 amide bonds. The highest BCUT2D eigenvalue weighted by Crippen LogP contribution is 2.17. The van der Waals surface area contributed by atoms with Gasteiger partial charge >= 0.3 is 0 Å². The van der Waals surface area contributed by atoms with Crippen molar-refractivity contribution in [1.82, 2.24) is 0 Å². The second kappa shape index (κ2) is 4.52. The van der Waals surface area contributed by atoms with E-state index in [1.807, 2.05) is 0 Å². The van der Waals surface area contributed by atoms with Gasteiger partial charge in [-0.25, -0.2) is 8.42 Å². The second-order valence-corrected chi connectivity index (χ2v) is 7.32. The lowest BCUT2D eigenvalue weighted by Gasteiger charge is -2.06. The molecule has 1 heterocycles. The third-order valence-electron chi connectivity index (χ3n) is 2.11. The molecule has 1 saturated heterocycles. The van der Waals surface area contributed by atoms with Gasteiger partial charge in [0.1, 0.15) is 0 Å². The summed E-state index contributed by atoms with van der Waals surface area (Å²) < 4.78 is 33.6. The molecule has 2 atom stereocenters. The third kappa shape index (κ3) is 3.36. The molecule has 2 N–H and O–H groups in total. The van der Waals surface area contributed by atoms with E-state index >= 15 is 0 Å². The summed E-state index contributed by atoms with van der Waals surface area (Å²) in [6.45, 7) is 0.519. The summed E-state index contributed by atoms with van der Waals surface area (Å²) in [6, 6.07) is 0. The van der Waals surface area contributed by atoms with Gasteiger partial charge in [-0.2, -0.15) is 0 Å². The highest BCUT2D eigenvalue weighted by Gasteiger charge is 2.31. The monoisotopic (exact) mass is 225 g/mol. The van der Waals surface area contributed by atoms with Crippen LogP contribution in [0.2, 0.25) is 0 Å². The Morgan fingerprint density at radius 2 is 2.15 bits per heavy atom. The zero-order chi connectivity index (χ0) is 9.90. The molecule has 0 aromatic carbocycles. The average molecular weight is 225 g/mol. The average Bonchev–Trinajstić information content (AvgIpc) is 2.42. The SMILES string of the molecule is NCCCS(=O)C1CCS(=O)(=O)C1. The van der Waals surface area contributed by atoms with Gasteiger partial charge in [-0.15, -0.1) is 0 Å². The first-order valence-corrected chi connectivity index (χ1v) is 7.53. The fourth-order valence-corrected chi connectivity index (χ4v) is 5.45. The van der Waals surface area contributed by atoms with Crippen molar-refractivity contribution in [2.45, 2.75) is 18.1 Å². The van der Waals surface area contributed by atoms with Crippen LogP contribution in [0.25, 0.3) is 0 Å². The molecule has 2 unspecified atom stereocenters. The fourth-order valence-electron chi connectivity index (χ4n) is 1.36. The molecular weight excluding hydrogens is 210 g/mol. The minimum Gasteiger partial charge on any atom is -0.330 e. The predicted molar refractivity (Wildman–Crippen MR) is 53.7 cm³/mol. The van der Waals surface area contributed by atoms with E-state index in [1.54, 1.807) is 0 Å². The maximum Gasteiger partial charge on any atom is 0.151 e. The van der Waals surface area contributed by atoms with E-state index in [-0.39, 0.29) is 16.8 Å². The molecule has 0 aromatic heterocycles. The van der Waals surface area contributed by atoms with E-state index in [9.17, 15) is 12.6 Å². The molecule has 0 aliphatic carbocycles. The zero-order valence-electron chi connectivity index (χ0n) is 7.44. The normalized spacial score (nSPS) is 28.8. The van der Waals surface area contributed by atoms with Gasteiger partial charge in [0.15, 0.2) is 9.84 Å². The van der Waals surface area contributed by atoms with Gasteiger partial charge in [-0.05, 0) is 19.4 Å². The number of nitrogens with two attached hydrogens (primary N) is 1. The van der Waals surface area contributed by atoms with Crippen molar-refractivity contribution >= 4 is 20.6 Å². The van der Waals surface area contributed by atoms with Crippen LogP contribution >= 0.6 is 0 Å². The smallest absolute Gasteiger partial charge is 0.151 e. The molecular formula is C7H15NO3S2. The summed E-state index contributed by atoms with van der Waals surface area (Å²) in [6.07, 6.45) is 1.27. The maximum absolute atomic E-state index is 11.5. The molecule has 0 saturated carbocycles. The Morgan fingerprint density at radius 3 is 2.62 bits per heavy atom. The lowest BCUT2D eigenvalue weighted by molar-refractivity contribution is 0.602. The minimum atomic E-state index is -2.89. The van der Waals surface area contributed by atoms with Crippen LogP contribution < -0.4 is 5.73 Å². The van der Waals surface area contributed by atoms with E-state index in [1.165, 1.54) is 0 Å². The molecule has 4 nitrogen and oxygen atoms in total. The summed E-state index contributed by atoms with van der Waals surface area (Å²) in [5.74, 6) is 0.840. The van der Waals surface area contributed by atoms with Gasteiger partial charge < -0.3 is 5.73 Å². The molecule has 6 heteroatoms. The summed E-state index contributed by atoms with van der Waals surface area (Å²) in [7, 11) is -3.89. The lowest BCUT2D eigenvalue weighted by Crippen LogP contribution is -2.20. The molecule has 78 valence electrons. The Kier molecular flexibility index (Phi) is 3.87. The van der Waals surface area contributed by atoms with Crippen LogP contribution in [0.1, 0.15) is 12.8 Å². The number of hydrogen-bond acceptors (Lipinski definition) is 4. The molecule has 0 bridgehead atoms. The van der Waals surface area contributed by atoms with Crippen LogP contribution in [0.15, 0.2) is 0 Å². The fraction of sp³-hybridized carbons (Fsp3) is 1.00. The van der Waals surface area contributed by atoms with E-state index < -0.39 is 20.6 Å².